The van der Waals surface area contributed by atoms with E-state index >= 15 is 0 Å². The van der Waals surface area contributed by atoms with E-state index in [0.29, 0.717) is 5.75 Å². The second kappa shape index (κ2) is 5.47. The predicted molar refractivity (Wildman–Crippen MR) is 80.8 cm³/mol. The first-order chi connectivity index (χ1) is 8.91. The van der Waals surface area contributed by atoms with Gasteiger partial charge in [0.25, 0.3) is 0 Å². The maximum Gasteiger partial charge on any atom is 0.134 e. The van der Waals surface area contributed by atoms with E-state index < -0.39 is 10.8 Å². The molecule has 0 aliphatic carbocycles. The van der Waals surface area contributed by atoms with Gasteiger partial charge in [0.2, 0.25) is 0 Å². The second-order valence-electron chi connectivity index (χ2n) is 5.65. The molecule has 0 aliphatic rings. The lowest BCUT2D eigenvalue weighted by Gasteiger charge is -2.21. The van der Waals surface area contributed by atoms with E-state index in [9.17, 15) is 4.21 Å². The van der Waals surface area contributed by atoms with Crippen molar-refractivity contribution in [3.8, 4) is 0 Å². The van der Waals surface area contributed by atoms with Crippen LogP contribution in [0.1, 0.15) is 32.6 Å². The van der Waals surface area contributed by atoms with Gasteiger partial charge in [-0.05, 0) is 40.0 Å². The smallest absolute Gasteiger partial charge is 0.134 e. The molecule has 1 aromatic heterocycles. The highest BCUT2D eigenvalue weighted by Gasteiger charge is 2.25. The van der Waals surface area contributed by atoms with Crippen LogP contribution in [0.2, 0.25) is 0 Å². The summed E-state index contributed by atoms with van der Waals surface area (Å²) in [7, 11) is 0.961. The number of para-hydroxylation sites is 1. The van der Waals surface area contributed by atoms with Crippen molar-refractivity contribution in [2.24, 2.45) is 0 Å². The van der Waals surface area contributed by atoms with Crippen LogP contribution in [-0.2, 0) is 10.8 Å². The molecule has 0 saturated carbocycles. The first-order valence-electron chi connectivity index (χ1n) is 6.46. The number of rotatable bonds is 4. The SMILES string of the molecule is CNC(CS(=O)C(C)(C)C)c1cc2ccccc2o1. The Morgan fingerprint density at radius 2 is 2.00 bits per heavy atom. The van der Waals surface area contributed by atoms with Crippen LogP contribution < -0.4 is 5.32 Å². The molecular formula is C15H21NO2S. The average molecular weight is 279 g/mol. The fourth-order valence-corrected chi connectivity index (χ4v) is 3.02. The van der Waals surface area contributed by atoms with Crippen molar-refractivity contribution >= 4 is 21.8 Å². The van der Waals surface area contributed by atoms with Crippen LogP contribution in [0.3, 0.4) is 0 Å². The minimum atomic E-state index is -0.912. The molecule has 0 spiro atoms. The van der Waals surface area contributed by atoms with Gasteiger partial charge in [0.1, 0.15) is 11.3 Å². The zero-order valence-electron chi connectivity index (χ0n) is 11.9. The summed E-state index contributed by atoms with van der Waals surface area (Å²) < 4.78 is 17.9. The summed E-state index contributed by atoms with van der Waals surface area (Å²) in [6, 6.07) is 9.92. The van der Waals surface area contributed by atoms with Crippen LogP contribution in [-0.4, -0.2) is 21.8 Å². The van der Waals surface area contributed by atoms with Gasteiger partial charge in [-0.15, -0.1) is 0 Å². The Hall–Kier alpha value is -1.13. The first-order valence-corrected chi connectivity index (χ1v) is 7.78. The van der Waals surface area contributed by atoms with Crippen LogP contribution >= 0.6 is 0 Å². The largest absolute Gasteiger partial charge is 0.459 e. The Labute approximate surface area is 116 Å². The van der Waals surface area contributed by atoms with Gasteiger partial charge in [-0.25, -0.2) is 0 Å². The molecule has 1 N–H and O–H groups in total. The lowest BCUT2D eigenvalue weighted by Crippen LogP contribution is -2.31. The summed E-state index contributed by atoms with van der Waals surface area (Å²) in [4.78, 5) is 0. The molecule has 0 saturated heterocycles. The summed E-state index contributed by atoms with van der Waals surface area (Å²) in [6.07, 6.45) is 0. The van der Waals surface area contributed by atoms with E-state index in [-0.39, 0.29) is 10.8 Å². The highest BCUT2D eigenvalue weighted by Crippen LogP contribution is 2.25. The van der Waals surface area contributed by atoms with Crippen molar-refractivity contribution in [1.82, 2.24) is 5.32 Å². The maximum atomic E-state index is 12.3. The van der Waals surface area contributed by atoms with Gasteiger partial charge < -0.3 is 9.73 Å². The molecule has 0 bridgehead atoms. The van der Waals surface area contributed by atoms with Crippen molar-refractivity contribution in [3.63, 3.8) is 0 Å². The van der Waals surface area contributed by atoms with Gasteiger partial charge in [0.05, 0.1) is 6.04 Å². The van der Waals surface area contributed by atoms with Crippen LogP contribution in [0, 0.1) is 0 Å². The molecule has 0 aliphatic heterocycles. The van der Waals surface area contributed by atoms with Crippen molar-refractivity contribution in [2.45, 2.75) is 31.6 Å². The number of hydrogen-bond donors (Lipinski definition) is 1. The normalized spacial score (nSPS) is 15.6. The fraction of sp³-hybridized carbons (Fsp3) is 0.467. The van der Waals surface area contributed by atoms with Crippen molar-refractivity contribution in [1.29, 1.82) is 0 Å². The molecule has 1 heterocycles. The standard InChI is InChI=1S/C15H21NO2S/c1-15(2,3)19(17)10-12(16-4)14-9-11-7-5-6-8-13(11)18-14/h5-9,12,16H,10H2,1-4H3. The summed E-state index contributed by atoms with van der Waals surface area (Å²) >= 11 is 0. The van der Waals surface area contributed by atoms with Gasteiger partial charge in [-0.2, -0.15) is 0 Å². The molecule has 1 aromatic carbocycles. The topological polar surface area (TPSA) is 42.2 Å². The van der Waals surface area contributed by atoms with Gasteiger partial charge in [-0.1, -0.05) is 18.2 Å². The van der Waals surface area contributed by atoms with E-state index in [0.717, 1.165) is 16.7 Å². The summed E-state index contributed by atoms with van der Waals surface area (Å²) in [5, 5.41) is 4.28. The van der Waals surface area contributed by atoms with E-state index in [1.165, 1.54) is 0 Å². The van der Waals surface area contributed by atoms with Gasteiger partial charge in [0.15, 0.2) is 0 Å². The minimum absolute atomic E-state index is 0.0209. The highest BCUT2D eigenvalue weighted by atomic mass is 32.2. The lowest BCUT2D eigenvalue weighted by molar-refractivity contribution is 0.475. The third-order valence-corrected chi connectivity index (χ3v) is 5.14. The molecule has 0 amide bonds. The molecule has 0 fully saturated rings. The number of hydrogen-bond acceptors (Lipinski definition) is 3. The summed E-state index contributed by atoms with van der Waals surface area (Å²) in [6.45, 7) is 5.98. The van der Waals surface area contributed by atoms with Crippen LogP contribution in [0.4, 0.5) is 0 Å². The van der Waals surface area contributed by atoms with Gasteiger partial charge in [-0.3, -0.25) is 4.21 Å². The zero-order valence-corrected chi connectivity index (χ0v) is 12.7. The Bertz CT molecular complexity index is 550. The van der Waals surface area contributed by atoms with E-state index in [4.69, 9.17) is 4.42 Å². The van der Waals surface area contributed by atoms with Crippen LogP contribution in [0.15, 0.2) is 34.7 Å². The Morgan fingerprint density at radius 3 is 2.58 bits per heavy atom. The van der Waals surface area contributed by atoms with E-state index in [1.54, 1.807) is 0 Å². The Kier molecular flexibility index (Phi) is 4.11. The molecule has 19 heavy (non-hydrogen) atoms. The lowest BCUT2D eigenvalue weighted by atomic mass is 10.2. The van der Waals surface area contributed by atoms with Gasteiger partial charge in [0, 0.05) is 26.7 Å². The summed E-state index contributed by atoms with van der Waals surface area (Å²) in [5.41, 5.74) is 0.874. The zero-order chi connectivity index (χ0) is 14.0. The second-order valence-corrected chi connectivity index (χ2v) is 7.90. The number of furan rings is 1. The monoisotopic (exact) mass is 279 g/mol. The Morgan fingerprint density at radius 1 is 1.32 bits per heavy atom. The van der Waals surface area contributed by atoms with Crippen molar-refractivity contribution in [3.05, 3.63) is 36.1 Å². The van der Waals surface area contributed by atoms with Gasteiger partial charge >= 0.3 is 0 Å². The quantitative estimate of drug-likeness (QED) is 0.934. The highest BCUT2D eigenvalue weighted by molar-refractivity contribution is 7.86. The molecule has 104 valence electrons. The molecule has 2 aromatic rings. The minimum Gasteiger partial charge on any atom is -0.459 e. The first kappa shape index (κ1) is 14.3. The number of nitrogens with one attached hydrogen (secondary N) is 1. The van der Waals surface area contributed by atoms with Crippen molar-refractivity contribution < 1.29 is 8.63 Å². The van der Waals surface area contributed by atoms with Crippen molar-refractivity contribution in [2.75, 3.05) is 12.8 Å². The maximum absolute atomic E-state index is 12.3. The molecule has 0 radical (unpaired) electrons. The fourth-order valence-electron chi connectivity index (χ4n) is 1.88. The average Bonchev–Trinajstić information content (AvgIpc) is 2.77. The third-order valence-electron chi connectivity index (χ3n) is 3.14. The summed E-state index contributed by atoms with van der Waals surface area (Å²) in [5.74, 6) is 1.40. The van der Waals surface area contributed by atoms with Crippen LogP contribution in [0.5, 0.6) is 0 Å². The molecular weight excluding hydrogens is 258 g/mol. The molecule has 3 nitrogen and oxygen atoms in total. The Balaban J connectivity index is 2.24. The number of benzene rings is 1. The molecule has 2 rings (SSSR count). The molecule has 2 unspecified atom stereocenters. The number of fused-ring (bicyclic) bond motifs is 1. The van der Waals surface area contributed by atoms with E-state index in [2.05, 4.69) is 5.32 Å². The van der Waals surface area contributed by atoms with Crippen LogP contribution in [0.25, 0.3) is 11.0 Å². The third kappa shape index (κ3) is 3.25. The molecule has 4 heteroatoms. The predicted octanol–water partition coefficient (Wildman–Crippen LogP) is 3.24. The molecule has 2 atom stereocenters. The van der Waals surface area contributed by atoms with E-state index in [1.807, 2.05) is 58.2 Å².